The third kappa shape index (κ3) is 6.46. The van der Waals surface area contributed by atoms with Crippen LogP contribution < -0.4 is 16.4 Å². The molecule has 2 aromatic rings. The first-order chi connectivity index (χ1) is 14.8. The van der Waals surface area contributed by atoms with Gasteiger partial charge in [0.1, 0.15) is 5.70 Å². The molecule has 4 nitrogen and oxygen atoms in total. The summed E-state index contributed by atoms with van der Waals surface area (Å²) in [6.07, 6.45) is -1.33. The van der Waals surface area contributed by atoms with Crippen LogP contribution in [0.2, 0.25) is 0 Å². The fraction of sp³-hybridized carbons (Fsp3) is 0.292. The van der Waals surface area contributed by atoms with E-state index in [1.54, 1.807) is 0 Å². The molecule has 0 saturated heterocycles. The van der Waals surface area contributed by atoms with Crippen LogP contribution in [-0.4, -0.2) is 25.5 Å². The van der Waals surface area contributed by atoms with Crippen molar-refractivity contribution >= 4 is 11.4 Å². The molecule has 31 heavy (non-hydrogen) atoms. The van der Waals surface area contributed by atoms with Gasteiger partial charge in [-0.3, -0.25) is 4.99 Å². The van der Waals surface area contributed by atoms with Gasteiger partial charge in [0.05, 0.1) is 17.5 Å². The molecular weight excluding hydrogens is 401 g/mol. The molecule has 0 amide bonds. The fourth-order valence-corrected chi connectivity index (χ4v) is 3.23. The summed E-state index contributed by atoms with van der Waals surface area (Å²) in [6, 6.07) is 17.9. The highest BCUT2D eigenvalue weighted by Crippen LogP contribution is 2.31. The Morgan fingerprint density at radius 2 is 1.84 bits per heavy atom. The lowest BCUT2D eigenvalue weighted by molar-refractivity contribution is -0.0925. The number of aliphatic imine (C=N–C) groups is 1. The molecule has 0 aliphatic heterocycles. The Morgan fingerprint density at radius 1 is 1.16 bits per heavy atom. The van der Waals surface area contributed by atoms with E-state index in [9.17, 15) is 13.2 Å². The van der Waals surface area contributed by atoms with Crippen LogP contribution in [0, 0.1) is 5.92 Å². The number of rotatable bonds is 9. The van der Waals surface area contributed by atoms with E-state index in [2.05, 4.69) is 34.3 Å². The lowest BCUT2D eigenvalue weighted by atomic mass is 9.98. The van der Waals surface area contributed by atoms with E-state index in [0.29, 0.717) is 5.69 Å². The highest BCUT2D eigenvalue weighted by atomic mass is 19.4. The third-order valence-corrected chi connectivity index (χ3v) is 5.13. The van der Waals surface area contributed by atoms with Gasteiger partial charge in [-0.2, -0.15) is 13.2 Å². The van der Waals surface area contributed by atoms with Crippen molar-refractivity contribution in [3.05, 3.63) is 89.8 Å². The first-order valence-corrected chi connectivity index (χ1v) is 10.1. The smallest absolute Gasteiger partial charge is 0.395 e. The lowest BCUT2D eigenvalue weighted by Gasteiger charge is -2.21. The Bertz CT molecular complexity index is 960. The van der Waals surface area contributed by atoms with E-state index < -0.39 is 11.9 Å². The molecule has 7 heteroatoms. The summed E-state index contributed by atoms with van der Waals surface area (Å²) in [4.78, 5) is 3.88. The predicted molar refractivity (Wildman–Crippen MR) is 120 cm³/mol. The largest absolute Gasteiger partial charge is 0.430 e. The number of anilines is 1. The van der Waals surface area contributed by atoms with E-state index in [0.717, 1.165) is 29.7 Å². The molecule has 0 bridgehead atoms. The highest BCUT2D eigenvalue weighted by Gasteiger charge is 2.31. The van der Waals surface area contributed by atoms with Crippen molar-refractivity contribution in [2.75, 3.05) is 18.9 Å². The summed E-state index contributed by atoms with van der Waals surface area (Å²) in [5, 5.41) is 6.70. The summed E-state index contributed by atoms with van der Waals surface area (Å²) in [5.74, 6) is 0.724. The molecule has 4 N–H and O–H groups in total. The minimum atomic E-state index is -4.62. The van der Waals surface area contributed by atoms with Crippen LogP contribution in [0.15, 0.2) is 83.6 Å². The molecule has 1 aliphatic carbocycles. The molecule has 1 aliphatic rings. The summed E-state index contributed by atoms with van der Waals surface area (Å²) in [5.41, 5.74) is 7.07. The average Bonchev–Trinajstić information content (AvgIpc) is 3.56. The van der Waals surface area contributed by atoms with Gasteiger partial charge in [-0.1, -0.05) is 49.0 Å². The van der Waals surface area contributed by atoms with Crippen LogP contribution in [0.4, 0.5) is 18.9 Å². The quantitative estimate of drug-likeness (QED) is 0.483. The first kappa shape index (κ1) is 22.6. The van der Waals surface area contributed by atoms with Gasteiger partial charge in [-0.05, 0) is 54.6 Å². The van der Waals surface area contributed by atoms with Crippen LogP contribution in [0.1, 0.15) is 30.0 Å². The summed E-state index contributed by atoms with van der Waals surface area (Å²) >= 11 is 0. The van der Waals surface area contributed by atoms with Gasteiger partial charge in [-0.25, -0.2) is 0 Å². The van der Waals surface area contributed by atoms with Gasteiger partial charge in [0.25, 0.3) is 0 Å². The van der Waals surface area contributed by atoms with Gasteiger partial charge in [0.15, 0.2) is 0 Å². The molecule has 164 valence electrons. The molecule has 1 fully saturated rings. The number of halogens is 3. The van der Waals surface area contributed by atoms with Crippen molar-refractivity contribution in [3.63, 3.8) is 0 Å². The Labute approximate surface area is 180 Å². The molecule has 1 atom stereocenters. The molecule has 3 rings (SSSR count). The van der Waals surface area contributed by atoms with Crippen molar-refractivity contribution < 1.29 is 13.2 Å². The van der Waals surface area contributed by atoms with Crippen molar-refractivity contribution in [1.29, 1.82) is 0 Å². The third-order valence-electron chi connectivity index (χ3n) is 5.13. The zero-order chi connectivity index (χ0) is 22.4. The predicted octanol–water partition coefficient (Wildman–Crippen LogP) is 5.18. The standard InChI is InChI=1S/C24H27F3N4/c1-16(21(29-2)14-22(28)24(25,26)27)31-20-10-6-9-19(13-20)23(30-15-17-11-12-17)18-7-4-3-5-8-18/h3-10,13-14,17,23,30-31H,1,11-12,15,28H2,2H3. The minimum absolute atomic E-state index is 0.0110. The first-order valence-electron chi connectivity index (χ1n) is 10.1. The van der Waals surface area contributed by atoms with Crippen molar-refractivity contribution in [2.24, 2.45) is 16.6 Å². The average molecular weight is 429 g/mol. The van der Waals surface area contributed by atoms with E-state index >= 15 is 0 Å². The number of alkyl halides is 3. The Morgan fingerprint density at radius 3 is 2.45 bits per heavy atom. The van der Waals surface area contributed by atoms with Gasteiger partial charge in [0.2, 0.25) is 0 Å². The van der Waals surface area contributed by atoms with Gasteiger partial charge in [0, 0.05) is 12.7 Å². The zero-order valence-electron chi connectivity index (χ0n) is 17.4. The number of allylic oxidation sites excluding steroid dienone is 2. The molecule has 2 aromatic carbocycles. The number of hydrogen-bond acceptors (Lipinski definition) is 4. The van der Waals surface area contributed by atoms with Gasteiger partial charge >= 0.3 is 6.18 Å². The second kappa shape index (κ2) is 9.83. The van der Waals surface area contributed by atoms with Crippen LogP contribution in [0.25, 0.3) is 0 Å². The van der Waals surface area contributed by atoms with Crippen molar-refractivity contribution in [3.8, 4) is 0 Å². The maximum atomic E-state index is 12.8. The maximum Gasteiger partial charge on any atom is 0.430 e. The second-order valence-corrected chi connectivity index (χ2v) is 7.63. The normalized spacial score (nSPS) is 16.1. The van der Waals surface area contributed by atoms with Crippen molar-refractivity contribution in [1.82, 2.24) is 5.32 Å². The zero-order valence-corrected chi connectivity index (χ0v) is 17.4. The number of nitrogens with two attached hydrogens (primary N) is 1. The maximum absolute atomic E-state index is 12.8. The van der Waals surface area contributed by atoms with Crippen LogP contribution >= 0.6 is 0 Å². The monoisotopic (exact) mass is 428 g/mol. The number of nitrogens with zero attached hydrogens (tertiary/aromatic N) is 1. The van der Waals surface area contributed by atoms with E-state index in [1.807, 2.05) is 42.5 Å². The molecule has 0 spiro atoms. The number of nitrogens with one attached hydrogen (secondary N) is 2. The van der Waals surface area contributed by atoms with E-state index in [1.165, 1.54) is 19.9 Å². The molecule has 0 aromatic heterocycles. The Hall–Kier alpha value is -3.06. The summed E-state index contributed by atoms with van der Waals surface area (Å²) in [7, 11) is 1.39. The second-order valence-electron chi connectivity index (χ2n) is 7.63. The topological polar surface area (TPSA) is 62.4 Å². The van der Waals surface area contributed by atoms with Crippen molar-refractivity contribution in [2.45, 2.75) is 25.1 Å². The molecule has 1 unspecified atom stereocenters. The Balaban J connectivity index is 1.79. The SMILES string of the molecule is C=C(Nc1cccc(C(NCC2CC2)c2ccccc2)c1)C(C=C(N)C(F)(F)F)=NC. The van der Waals surface area contributed by atoms with Crippen LogP contribution in [0.3, 0.4) is 0 Å². The van der Waals surface area contributed by atoms with Gasteiger partial charge in [-0.15, -0.1) is 0 Å². The molecule has 1 saturated carbocycles. The number of hydrogen-bond donors (Lipinski definition) is 3. The fourth-order valence-electron chi connectivity index (χ4n) is 3.23. The lowest BCUT2D eigenvalue weighted by Crippen LogP contribution is -2.24. The van der Waals surface area contributed by atoms with E-state index in [4.69, 9.17) is 5.73 Å². The van der Waals surface area contributed by atoms with Crippen LogP contribution in [-0.2, 0) is 0 Å². The minimum Gasteiger partial charge on any atom is -0.395 e. The Kier molecular flexibility index (Phi) is 7.17. The summed E-state index contributed by atoms with van der Waals surface area (Å²) in [6.45, 7) is 4.77. The van der Waals surface area contributed by atoms with Crippen LogP contribution in [0.5, 0.6) is 0 Å². The van der Waals surface area contributed by atoms with Gasteiger partial charge < -0.3 is 16.4 Å². The van der Waals surface area contributed by atoms with E-state index in [-0.39, 0.29) is 17.5 Å². The molecular formula is C24H27F3N4. The molecule has 0 heterocycles. The number of benzene rings is 2. The highest BCUT2D eigenvalue weighted by molar-refractivity contribution is 6.10. The molecule has 0 radical (unpaired) electrons. The summed E-state index contributed by atoms with van der Waals surface area (Å²) < 4.78 is 38.3.